The van der Waals surface area contributed by atoms with Crippen molar-refractivity contribution in [1.29, 1.82) is 0 Å². The standard InChI is InChI=1S/C15H15NO3/c1-2-19-14-7-4-11(5-8-14)12-3-6-13(16-10-12)9-15(17)18/h3-8,10H,2,9H2,1H3,(H,17,18). The van der Waals surface area contributed by atoms with E-state index in [4.69, 9.17) is 9.84 Å². The summed E-state index contributed by atoms with van der Waals surface area (Å²) in [7, 11) is 0. The number of aromatic nitrogens is 1. The first kappa shape index (κ1) is 13.1. The van der Waals surface area contributed by atoms with Crippen molar-refractivity contribution in [3.05, 3.63) is 48.3 Å². The van der Waals surface area contributed by atoms with Crippen LogP contribution in [0.3, 0.4) is 0 Å². The fourth-order valence-electron chi connectivity index (χ4n) is 1.77. The molecule has 2 rings (SSSR count). The van der Waals surface area contributed by atoms with Crippen LogP contribution in [-0.4, -0.2) is 22.7 Å². The van der Waals surface area contributed by atoms with Crippen molar-refractivity contribution in [1.82, 2.24) is 4.98 Å². The maximum absolute atomic E-state index is 10.6. The van der Waals surface area contributed by atoms with Crippen molar-refractivity contribution >= 4 is 5.97 Å². The average Bonchev–Trinajstić information content (AvgIpc) is 2.40. The second-order valence-electron chi connectivity index (χ2n) is 4.07. The quantitative estimate of drug-likeness (QED) is 0.894. The number of hydrogen-bond donors (Lipinski definition) is 1. The number of aliphatic carboxylic acids is 1. The molecule has 98 valence electrons. The lowest BCUT2D eigenvalue weighted by molar-refractivity contribution is -0.136. The number of pyridine rings is 1. The number of carbonyl (C=O) groups is 1. The largest absolute Gasteiger partial charge is 0.494 e. The zero-order valence-corrected chi connectivity index (χ0v) is 10.7. The molecular formula is C15H15NO3. The Morgan fingerprint density at radius 2 is 1.84 bits per heavy atom. The molecule has 0 fully saturated rings. The minimum Gasteiger partial charge on any atom is -0.494 e. The number of carboxylic acid groups (broad SMARTS) is 1. The summed E-state index contributed by atoms with van der Waals surface area (Å²) in [5.74, 6) is -0.0389. The molecule has 0 spiro atoms. The molecule has 1 heterocycles. The minimum atomic E-state index is -0.874. The SMILES string of the molecule is CCOc1ccc(-c2ccc(CC(=O)O)nc2)cc1. The van der Waals surface area contributed by atoms with Gasteiger partial charge in [-0.05, 0) is 30.7 Å². The first-order valence-corrected chi connectivity index (χ1v) is 6.09. The predicted molar refractivity (Wildman–Crippen MR) is 72.2 cm³/mol. The highest BCUT2D eigenvalue weighted by molar-refractivity contribution is 5.70. The number of rotatable bonds is 5. The molecule has 0 aliphatic rings. The molecule has 0 aliphatic heterocycles. The van der Waals surface area contributed by atoms with E-state index in [1.54, 1.807) is 12.3 Å². The third-order valence-electron chi connectivity index (χ3n) is 2.66. The van der Waals surface area contributed by atoms with Gasteiger partial charge in [-0.3, -0.25) is 9.78 Å². The summed E-state index contributed by atoms with van der Waals surface area (Å²) < 4.78 is 5.38. The number of hydrogen-bond acceptors (Lipinski definition) is 3. The van der Waals surface area contributed by atoms with Gasteiger partial charge in [-0.2, -0.15) is 0 Å². The third-order valence-corrected chi connectivity index (χ3v) is 2.66. The van der Waals surface area contributed by atoms with Crippen molar-refractivity contribution in [3.63, 3.8) is 0 Å². The molecule has 0 aliphatic carbocycles. The number of benzene rings is 1. The summed E-state index contributed by atoms with van der Waals surface area (Å²) in [4.78, 5) is 14.7. The highest BCUT2D eigenvalue weighted by Gasteiger charge is 2.03. The van der Waals surface area contributed by atoms with E-state index in [0.717, 1.165) is 16.9 Å². The van der Waals surface area contributed by atoms with E-state index in [-0.39, 0.29) is 6.42 Å². The van der Waals surface area contributed by atoms with E-state index in [9.17, 15) is 4.79 Å². The first-order chi connectivity index (χ1) is 9.19. The van der Waals surface area contributed by atoms with E-state index in [1.165, 1.54) is 0 Å². The lowest BCUT2D eigenvalue weighted by Gasteiger charge is -2.05. The van der Waals surface area contributed by atoms with Crippen molar-refractivity contribution in [2.45, 2.75) is 13.3 Å². The molecule has 1 N–H and O–H groups in total. The summed E-state index contributed by atoms with van der Waals surface area (Å²) in [5, 5.41) is 8.68. The van der Waals surface area contributed by atoms with E-state index < -0.39 is 5.97 Å². The Balaban J connectivity index is 2.15. The van der Waals surface area contributed by atoms with Crippen LogP contribution < -0.4 is 4.74 Å². The lowest BCUT2D eigenvalue weighted by atomic mass is 10.1. The first-order valence-electron chi connectivity index (χ1n) is 6.09. The second-order valence-corrected chi connectivity index (χ2v) is 4.07. The summed E-state index contributed by atoms with van der Waals surface area (Å²) >= 11 is 0. The molecule has 0 unspecified atom stereocenters. The Morgan fingerprint density at radius 1 is 1.16 bits per heavy atom. The Kier molecular flexibility index (Phi) is 4.13. The molecule has 0 saturated carbocycles. The van der Waals surface area contributed by atoms with Crippen molar-refractivity contribution in [3.8, 4) is 16.9 Å². The maximum atomic E-state index is 10.6. The van der Waals surface area contributed by atoms with Crippen molar-refractivity contribution in [2.75, 3.05) is 6.61 Å². The predicted octanol–water partition coefficient (Wildman–Crippen LogP) is 2.77. The Morgan fingerprint density at radius 3 is 2.37 bits per heavy atom. The highest BCUT2D eigenvalue weighted by Crippen LogP contribution is 2.22. The fraction of sp³-hybridized carbons (Fsp3) is 0.200. The molecule has 1 aromatic heterocycles. The molecule has 0 bridgehead atoms. The van der Waals surface area contributed by atoms with Gasteiger partial charge in [-0.15, -0.1) is 0 Å². The van der Waals surface area contributed by atoms with Crippen LogP contribution in [0.4, 0.5) is 0 Å². The van der Waals surface area contributed by atoms with E-state index in [0.29, 0.717) is 12.3 Å². The lowest BCUT2D eigenvalue weighted by Crippen LogP contribution is -2.01. The molecule has 0 saturated heterocycles. The van der Waals surface area contributed by atoms with Gasteiger partial charge in [-0.25, -0.2) is 0 Å². The van der Waals surface area contributed by atoms with E-state index in [1.807, 2.05) is 37.3 Å². The molecule has 1 aromatic carbocycles. The molecular weight excluding hydrogens is 242 g/mol. The van der Waals surface area contributed by atoms with Gasteiger partial charge in [-0.1, -0.05) is 18.2 Å². The zero-order valence-electron chi connectivity index (χ0n) is 10.7. The summed E-state index contributed by atoms with van der Waals surface area (Å²) in [6.45, 7) is 2.59. The van der Waals surface area contributed by atoms with Gasteiger partial charge in [0.25, 0.3) is 0 Å². The molecule has 19 heavy (non-hydrogen) atoms. The van der Waals surface area contributed by atoms with Crippen LogP contribution in [0.5, 0.6) is 5.75 Å². The normalized spacial score (nSPS) is 10.2. The van der Waals surface area contributed by atoms with Gasteiger partial charge in [0.1, 0.15) is 5.75 Å². The summed E-state index contributed by atoms with van der Waals surface area (Å²) in [5.41, 5.74) is 2.54. The monoisotopic (exact) mass is 257 g/mol. The van der Waals surface area contributed by atoms with Crippen LogP contribution in [0.2, 0.25) is 0 Å². The van der Waals surface area contributed by atoms with Crippen LogP contribution in [0.15, 0.2) is 42.6 Å². The molecule has 0 radical (unpaired) electrons. The van der Waals surface area contributed by atoms with E-state index >= 15 is 0 Å². The van der Waals surface area contributed by atoms with Gasteiger partial charge >= 0.3 is 5.97 Å². The van der Waals surface area contributed by atoms with Gasteiger partial charge in [0.15, 0.2) is 0 Å². The molecule has 0 atom stereocenters. The van der Waals surface area contributed by atoms with Gasteiger partial charge in [0.2, 0.25) is 0 Å². The van der Waals surface area contributed by atoms with E-state index in [2.05, 4.69) is 4.98 Å². The minimum absolute atomic E-state index is 0.0520. The number of carboxylic acids is 1. The summed E-state index contributed by atoms with van der Waals surface area (Å²) in [6, 6.07) is 11.3. The molecule has 0 amide bonds. The Bertz CT molecular complexity index is 547. The Hall–Kier alpha value is -2.36. The number of ether oxygens (including phenoxy) is 1. The maximum Gasteiger partial charge on any atom is 0.309 e. The average molecular weight is 257 g/mol. The molecule has 2 aromatic rings. The van der Waals surface area contributed by atoms with Gasteiger partial charge in [0.05, 0.1) is 18.7 Å². The highest BCUT2D eigenvalue weighted by atomic mass is 16.5. The third kappa shape index (κ3) is 3.55. The van der Waals surface area contributed by atoms with Crippen molar-refractivity contribution < 1.29 is 14.6 Å². The number of nitrogens with zero attached hydrogens (tertiary/aromatic N) is 1. The van der Waals surface area contributed by atoms with Gasteiger partial charge < -0.3 is 9.84 Å². The molecule has 4 heteroatoms. The van der Waals surface area contributed by atoms with Crippen LogP contribution in [0.25, 0.3) is 11.1 Å². The van der Waals surface area contributed by atoms with Gasteiger partial charge in [0, 0.05) is 11.8 Å². The fourth-order valence-corrected chi connectivity index (χ4v) is 1.77. The smallest absolute Gasteiger partial charge is 0.309 e. The van der Waals surface area contributed by atoms with Crippen LogP contribution >= 0.6 is 0 Å². The Labute approximate surface area is 111 Å². The molecule has 4 nitrogen and oxygen atoms in total. The second kappa shape index (κ2) is 6.00. The zero-order chi connectivity index (χ0) is 13.7. The van der Waals surface area contributed by atoms with Crippen LogP contribution in [0.1, 0.15) is 12.6 Å². The topological polar surface area (TPSA) is 59.4 Å². The van der Waals surface area contributed by atoms with Crippen LogP contribution in [0, 0.1) is 0 Å². The summed E-state index contributed by atoms with van der Waals surface area (Å²) in [6.07, 6.45) is 1.64. The van der Waals surface area contributed by atoms with Crippen molar-refractivity contribution in [2.24, 2.45) is 0 Å². The van der Waals surface area contributed by atoms with Crippen LogP contribution in [-0.2, 0) is 11.2 Å².